The second kappa shape index (κ2) is 18.0. The Morgan fingerprint density at radius 2 is 1.52 bits per heavy atom. The quantitative estimate of drug-likeness (QED) is 0.0888. The molecule has 1 heterocycles. The highest BCUT2D eigenvalue weighted by atomic mass is 32.2. The van der Waals surface area contributed by atoms with E-state index in [9.17, 15) is 14.7 Å². The van der Waals surface area contributed by atoms with Crippen molar-refractivity contribution in [2.75, 3.05) is 12.3 Å². The van der Waals surface area contributed by atoms with Crippen LogP contribution in [0.4, 0.5) is 0 Å². The Kier molecular flexibility index (Phi) is 13.3. The monoisotopic (exact) mass is 666 g/mol. The lowest BCUT2D eigenvalue weighted by Crippen LogP contribution is -2.38. The fraction of sp³-hybridized carbons (Fsp3) is 0.350. The number of rotatable bonds is 15. The first-order valence-electron chi connectivity index (χ1n) is 16.8. The normalized spacial score (nSPS) is 19.1. The molecule has 0 radical (unpaired) electrons. The van der Waals surface area contributed by atoms with Crippen molar-refractivity contribution in [3.05, 3.63) is 125 Å². The second-order valence-corrected chi connectivity index (χ2v) is 13.4. The third-order valence-corrected chi connectivity index (χ3v) is 9.74. The number of hydrogen-bond acceptors (Lipinski definition) is 6. The molecule has 7 nitrogen and oxygen atoms in total. The Bertz CT molecular complexity index is 1610. The van der Waals surface area contributed by atoms with E-state index >= 15 is 0 Å². The molecular formula is C40H46N2O5S. The summed E-state index contributed by atoms with van der Waals surface area (Å²) in [6.45, 7) is 4.82. The number of carbonyl (C=O) groups excluding carboxylic acids is 2. The number of ether oxygens (including phenoxy) is 2. The van der Waals surface area contributed by atoms with Crippen LogP contribution < -0.4 is 10.6 Å². The van der Waals surface area contributed by atoms with Gasteiger partial charge in [-0.1, -0.05) is 92.2 Å². The molecule has 4 aromatic rings. The summed E-state index contributed by atoms with van der Waals surface area (Å²) in [5.74, 6) is 0.907. The van der Waals surface area contributed by atoms with Gasteiger partial charge in [0.2, 0.25) is 11.8 Å². The molecule has 4 aromatic carbocycles. The molecule has 252 valence electrons. The van der Waals surface area contributed by atoms with Gasteiger partial charge < -0.3 is 25.2 Å². The largest absolute Gasteiger partial charge is 0.392 e. The summed E-state index contributed by atoms with van der Waals surface area (Å²) < 4.78 is 13.4. The van der Waals surface area contributed by atoms with Crippen LogP contribution in [0.25, 0.3) is 11.1 Å². The summed E-state index contributed by atoms with van der Waals surface area (Å²) >= 11 is 1.79. The first-order chi connectivity index (χ1) is 23.4. The van der Waals surface area contributed by atoms with Gasteiger partial charge in [0, 0.05) is 48.6 Å². The van der Waals surface area contributed by atoms with E-state index in [0.29, 0.717) is 19.5 Å². The van der Waals surface area contributed by atoms with Crippen molar-refractivity contribution in [3.8, 4) is 11.1 Å². The van der Waals surface area contributed by atoms with Gasteiger partial charge in [0.05, 0.1) is 18.8 Å². The molecule has 8 heteroatoms. The van der Waals surface area contributed by atoms with Crippen molar-refractivity contribution < 1.29 is 24.2 Å². The first-order valence-corrected chi connectivity index (χ1v) is 17.8. The lowest BCUT2D eigenvalue weighted by molar-refractivity contribution is -0.268. The van der Waals surface area contributed by atoms with Crippen LogP contribution in [-0.2, 0) is 32.2 Å². The van der Waals surface area contributed by atoms with Crippen LogP contribution in [0.2, 0.25) is 0 Å². The van der Waals surface area contributed by atoms with Gasteiger partial charge in [-0.3, -0.25) is 9.59 Å². The topological polar surface area (TPSA) is 96.9 Å². The van der Waals surface area contributed by atoms with Crippen LogP contribution >= 0.6 is 11.8 Å². The predicted molar refractivity (Wildman–Crippen MR) is 191 cm³/mol. The van der Waals surface area contributed by atoms with Gasteiger partial charge in [0.1, 0.15) is 0 Å². The molecule has 0 unspecified atom stereocenters. The molecule has 0 saturated carbocycles. The van der Waals surface area contributed by atoms with E-state index in [1.165, 1.54) is 11.8 Å². The zero-order chi connectivity index (χ0) is 33.7. The van der Waals surface area contributed by atoms with Crippen LogP contribution in [0.1, 0.15) is 74.2 Å². The Morgan fingerprint density at radius 1 is 0.771 bits per heavy atom. The molecule has 1 saturated heterocycles. The molecule has 0 aliphatic carbocycles. The maximum atomic E-state index is 12.4. The number of benzene rings is 4. The van der Waals surface area contributed by atoms with Crippen molar-refractivity contribution in [3.63, 3.8) is 0 Å². The minimum absolute atomic E-state index is 0.00588. The smallest absolute Gasteiger partial charge is 0.220 e. The predicted octanol–water partition coefficient (Wildman–Crippen LogP) is 7.74. The molecule has 4 atom stereocenters. The van der Waals surface area contributed by atoms with Crippen LogP contribution in [0.15, 0.2) is 108 Å². The molecule has 0 aromatic heterocycles. The molecule has 1 fully saturated rings. The third kappa shape index (κ3) is 10.3. The van der Waals surface area contributed by atoms with Gasteiger partial charge in [-0.2, -0.15) is 0 Å². The first kappa shape index (κ1) is 35.4. The Labute approximate surface area is 288 Å². The lowest BCUT2D eigenvalue weighted by atomic mass is 9.91. The fourth-order valence-electron chi connectivity index (χ4n) is 5.87. The van der Waals surface area contributed by atoms with E-state index in [4.69, 9.17) is 9.47 Å². The molecule has 5 rings (SSSR count). The number of carbonyl (C=O) groups is 2. The minimum Gasteiger partial charge on any atom is -0.392 e. The van der Waals surface area contributed by atoms with Crippen LogP contribution in [0, 0.1) is 5.92 Å². The number of hydrogen-bond donors (Lipinski definition) is 3. The van der Waals surface area contributed by atoms with Crippen molar-refractivity contribution in [1.82, 2.24) is 10.6 Å². The Morgan fingerprint density at radius 3 is 2.27 bits per heavy atom. The molecule has 0 bridgehead atoms. The molecule has 1 aliphatic heterocycles. The van der Waals surface area contributed by atoms with Crippen molar-refractivity contribution in [2.24, 2.45) is 5.92 Å². The SMILES string of the molecule is CC(=O)NCCCCCC(=O)NCc1cccc(-c2cccc([C@@H]3O[C@H](CSc4ccccc4)[C@H](C)[C@H](c4ccc(CO)cc4)O3)c2)c1. The fourth-order valence-corrected chi connectivity index (χ4v) is 6.96. The molecular weight excluding hydrogens is 621 g/mol. The molecule has 2 amide bonds. The Balaban J connectivity index is 1.26. The maximum Gasteiger partial charge on any atom is 0.220 e. The second-order valence-electron chi connectivity index (χ2n) is 12.3. The average Bonchev–Trinajstić information content (AvgIpc) is 3.12. The highest BCUT2D eigenvalue weighted by molar-refractivity contribution is 7.99. The summed E-state index contributed by atoms with van der Waals surface area (Å²) in [5, 5.41) is 15.4. The zero-order valence-corrected chi connectivity index (χ0v) is 28.6. The van der Waals surface area contributed by atoms with Crippen LogP contribution in [0.5, 0.6) is 0 Å². The van der Waals surface area contributed by atoms with Gasteiger partial charge in [-0.05, 0) is 64.9 Å². The van der Waals surface area contributed by atoms with E-state index in [2.05, 4.69) is 72.2 Å². The molecule has 48 heavy (non-hydrogen) atoms. The number of nitrogens with one attached hydrogen (secondary N) is 2. The number of thioether (sulfide) groups is 1. The highest BCUT2D eigenvalue weighted by Crippen LogP contribution is 2.43. The summed E-state index contributed by atoms with van der Waals surface area (Å²) in [4.78, 5) is 24.6. The van der Waals surface area contributed by atoms with Crippen molar-refractivity contribution in [2.45, 2.75) is 76.1 Å². The van der Waals surface area contributed by atoms with E-state index < -0.39 is 6.29 Å². The number of aliphatic hydroxyl groups is 1. The van der Waals surface area contributed by atoms with Gasteiger partial charge in [0.25, 0.3) is 0 Å². The lowest BCUT2D eigenvalue weighted by Gasteiger charge is -2.41. The van der Waals surface area contributed by atoms with Crippen molar-refractivity contribution >= 4 is 23.6 Å². The van der Waals surface area contributed by atoms with Crippen LogP contribution in [-0.4, -0.2) is 35.3 Å². The summed E-state index contributed by atoms with van der Waals surface area (Å²) in [6, 6.07) is 34.9. The average molecular weight is 667 g/mol. The summed E-state index contributed by atoms with van der Waals surface area (Å²) in [6.07, 6.45) is 2.26. The molecule has 0 spiro atoms. The van der Waals surface area contributed by atoms with Crippen molar-refractivity contribution in [1.29, 1.82) is 0 Å². The van der Waals surface area contributed by atoms with E-state index in [0.717, 1.165) is 58.4 Å². The number of aliphatic hydroxyl groups excluding tert-OH is 1. The summed E-state index contributed by atoms with van der Waals surface area (Å²) in [5.41, 5.74) is 6.01. The zero-order valence-electron chi connectivity index (χ0n) is 27.8. The number of unbranched alkanes of at least 4 members (excludes halogenated alkanes) is 2. The van der Waals surface area contributed by atoms with Gasteiger partial charge in [0.15, 0.2) is 6.29 Å². The van der Waals surface area contributed by atoms with Gasteiger partial charge in [-0.15, -0.1) is 11.8 Å². The molecule has 3 N–H and O–H groups in total. The highest BCUT2D eigenvalue weighted by Gasteiger charge is 2.38. The third-order valence-electron chi connectivity index (χ3n) is 8.64. The maximum absolute atomic E-state index is 12.4. The van der Waals surface area contributed by atoms with E-state index in [-0.39, 0.29) is 36.5 Å². The standard InChI is InChI=1S/C40H46N2O5S/c1-28-37(27-48-36-15-5-3-6-16-36)46-40(47-39(28)32-20-18-30(26-43)19-21-32)35-14-10-13-34(24-35)33-12-9-11-31(23-33)25-42-38(45)17-7-4-8-22-41-29(2)44/h3,5-6,9-16,18-21,23-24,28,37,39-40,43H,4,7-8,17,22,25-27H2,1-2H3,(H,41,44)(H,42,45)/t28-,37+,39+,40+/m0/s1. The van der Waals surface area contributed by atoms with Crippen LogP contribution in [0.3, 0.4) is 0 Å². The van der Waals surface area contributed by atoms with E-state index in [1.54, 1.807) is 11.8 Å². The number of amides is 2. The summed E-state index contributed by atoms with van der Waals surface area (Å²) in [7, 11) is 0. The Hall–Kier alpha value is -3.95. The van der Waals surface area contributed by atoms with E-state index in [1.807, 2.05) is 48.5 Å². The molecule has 1 aliphatic rings. The minimum atomic E-state index is -0.550. The van der Waals surface area contributed by atoms with Gasteiger partial charge >= 0.3 is 0 Å². The van der Waals surface area contributed by atoms with Gasteiger partial charge in [-0.25, -0.2) is 0 Å².